The van der Waals surface area contributed by atoms with Gasteiger partial charge in [-0.3, -0.25) is 9.97 Å². The van der Waals surface area contributed by atoms with Gasteiger partial charge in [0.15, 0.2) is 0 Å². The molecule has 2 aromatic heterocycles. The predicted octanol–water partition coefficient (Wildman–Crippen LogP) is 2.99. The monoisotopic (exact) mass is 228 g/mol. The van der Waals surface area contributed by atoms with Crippen LogP contribution < -0.4 is 0 Å². The Morgan fingerprint density at radius 2 is 1.71 bits per heavy atom. The lowest BCUT2D eigenvalue weighted by molar-refractivity contribution is 1.28. The van der Waals surface area contributed by atoms with Crippen LogP contribution in [0.2, 0.25) is 0 Å². The molecule has 2 aromatic rings. The Hall–Kier alpha value is -1.12. The summed E-state index contributed by atoms with van der Waals surface area (Å²) in [4.78, 5) is 8.23. The summed E-state index contributed by atoms with van der Waals surface area (Å²) in [6.45, 7) is 0. The standard InChI is InChI=1S/C10H8N2.2ClH/c1-2-7-12-10(5-1)9-4-3-6-11-8-9;;/h1-8H;2*1H. The summed E-state index contributed by atoms with van der Waals surface area (Å²) >= 11 is 0. The molecule has 2 heterocycles. The molecule has 0 spiro atoms. The van der Waals surface area contributed by atoms with Gasteiger partial charge in [0.25, 0.3) is 0 Å². The van der Waals surface area contributed by atoms with E-state index in [-0.39, 0.29) is 24.8 Å². The molecule has 14 heavy (non-hydrogen) atoms. The summed E-state index contributed by atoms with van der Waals surface area (Å²) in [5.41, 5.74) is 2.02. The number of nitrogens with zero attached hydrogens (tertiary/aromatic N) is 2. The third kappa shape index (κ3) is 2.98. The van der Waals surface area contributed by atoms with Crippen LogP contribution in [0.3, 0.4) is 0 Å². The Labute approximate surface area is 95.2 Å². The van der Waals surface area contributed by atoms with Gasteiger partial charge in [0, 0.05) is 24.2 Å². The van der Waals surface area contributed by atoms with Gasteiger partial charge >= 0.3 is 0 Å². The first kappa shape index (κ1) is 12.9. The number of halogens is 2. The van der Waals surface area contributed by atoms with E-state index in [1.807, 2.05) is 36.5 Å². The minimum Gasteiger partial charge on any atom is -0.264 e. The lowest BCUT2D eigenvalue weighted by Crippen LogP contribution is -1.81. The van der Waals surface area contributed by atoms with Gasteiger partial charge in [-0.05, 0) is 24.3 Å². The van der Waals surface area contributed by atoms with Crippen molar-refractivity contribution in [3.63, 3.8) is 0 Å². The zero-order valence-electron chi connectivity index (χ0n) is 7.33. The summed E-state index contributed by atoms with van der Waals surface area (Å²) in [5, 5.41) is 0. The van der Waals surface area contributed by atoms with Crippen molar-refractivity contribution in [3.05, 3.63) is 48.9 Å². The molecular weight excluding hydrogens is 219 g/mol. The fraction of sp³-hybridized carbons (Fsp3) is 0. The number of rotatable bonds is 1. The lowest BCUT2D eigenvalue weighted by Gasteiger charge is -1.96. The predicted molar refractivity (Wildman–Crippen MR) is 62.0 cm³/mol. The third-order valence-corrected chi connectivity index (χ3v) is 1.62. The molecular formula is C10H10Cl2N2. The van der Waals surface area contributed by atoms with Gasteiger partial charge in [-0.25, -0.2) is 0 Å². The second-order valence-corrected chi connectivity index (χ2v) is 2.46. The zero-order chi connectivity index (χ0) is 8.23. The van der Waals surface area contributed by atoms with Crippen molar-refractivity contribution in [2.75, 3.05) is 0 Å². The third-order valence-electron chi connectivity index (χ3n) is 1.62. The Morgan fingerprint density at radius 1 is 0.857 bits per heavy atom. The van der Waals surface area contributed by atoms with E-state index >= 15 is 0 Å². The molecule has 0 amide bonds. The van der Waals surface area contributed by atoms with Crippen LogP contribution in [0.15, 0.2) is 48.9 Å². The Bertz CT molecular complexity index is 314. The molecule has 2 rings (SSSR count). The van der Waals surface area contributed by atoms with Crippen LogP contribution in [0.4, 0.5) is 0 Å². The van der Waals surface area contributed by atoms with Gasteiger partial charge in [-0.2, -0.15) is 0 Å². The number of aromatic nitrogens is 2. The van der Waals surface area contributed by atoms with Gasteiger partial charge in [-0.1, -0.05) is 6.07 Å². The van der Waals surface area contributed by atoms with E-state index in [2.05, 4.69) is 9.97 Å². The molecule has 0 unspecified atom stereocenters. The van der Waals surface area contributed by atoms with Crippen LogP contribution in [0.1, 0.15) is 0 Å². The van der Waals surface area contributed by atoms with E-state index < -0.39 is 0 Å². The van der Waals surface area contributed by atoms with E-state index in [1.165, 1.54) is 0 Å². The molecule has 0 aliphatic heterocycles. The zero-order valence-corrected chi connectivity index (χ0v) is 8.96. The molecule has 0 fully saturated rings. The van der Waals surface area contributed by atoms with Crippen LogP contribution in [0.25, 0.3) is 11.3 Å². The number of hydrogen-bond acceptors (Lipinski definition) is 2. The number of pyridine rings is 2. The highest BCUT2D eigenvalue weighted by atomic mass is 35.5. The molecule has 4 heteroatoms. The Kier molecular flexibility index (Phi) is 5.84. The van der Waals surface area contributed by atoms with Gasteiger partial charge in [0.2, 0.25) is 0 Å². The van der Waals surface area contributed by atoms with E-state index in [0.29, 0.717) is 0 Å². The average Bonchev–Trinajstić information content (AvgIpc) is 2.21. The van der Waals surface area contributed by atoms with Crippen LogP contribution in [-0.2, 0) is 0 Å². The highest BCUT2D eigenvalue weighted by Crippen LogP contribution is 2.12. The fourth-order valence-corrected chi connectivity index (χ4v) is 1.05. The van der Waals surface area contributed by atoms with Gasteiger partial charge in [0.1, 0.15) is 0 Å². The molecule has 0 N–H and O–H groups in total. The highest BCUT2D eigenvalue weighted by molar-refractivity contribution is 5.85. The quantitative estimate of drug-likeness (QED) is 0.751. The molecule has 74 valence electrons. The Balaban J connectivity index is 0.000000845. The number of hydrogen-bond donors (Lipinski definition) is 0. The molecule has 0 aromatic carbocycles. The van der Waals surface area contributed by atoms with E-state index in [0.717, 1.165) is 11.3 Å². The molecule has 0 aliphatic rings. The SMILES string of the molecule is Cl.Cl.c1ccc(-c2cccnc2)nc1. The summed E-state index contributed by atoms with van der Waals surface area (Å²) < 4.78 is 0. The topological polar surface area (TPSA) is 25.8 Å². The van der Waals surface area contributed by atoms with Crippen LogP contribution in [0.5, 0.6) is 0 Å². The van der Waals surface area contributed by atoms with E-state index in [4.69, 9.17) is 0 Å². The van der Waals surface area contributed by atoms with Crippen LogP contribution in [0, 0.1) is 0 Å². The first-order valence-electron chi connectivity index (χ1n) is 3.78. The fourth-order valence-electron chi connectivity index (χ4n) is 1.05. The van der Waals surface area contributed by atoms with Gasteiger partial charge in [0.05, 0.1) is 5.69 Å². The van der Waals surface area contributed by atoms with E-state index in [1.54, 1.807) is 12.4 Å². The molecule has 0 radical (unpaired) electrons. The van der Waals surface area contributed by atoms with Crippen molar-refractivity contribution in [2.24, 2.45) is 0 Å². The highest BCUT2D eigenvalue weighted by Gasteiger charge is 1.94. The first-order chi connectivity index (χ1) is 5.97. The molecule has 0 saturated carbocycles. The molecule has 0 atom stereocenters. The first-order valence-corrected chi connectivity index (χ1v) is 3.78. The second-order valence-electron chi connectivity index (χ2n) is 2.46. The summed E-state index contributed by atoms with van der Waals surface area (Å²) in [5.74, 6) is 0. The van der Waals surface area contributed by atoms with E-state index in [9.17, 15) is 0 Å². The summed E-state index contributed by atoms with van der Waals surface area (Å²) in [6, 6.07) is 9.74. The molecule has 2 nitrogen and oxygen atoms in total. The van der Waals surface area contributed by atoms with Crippen molar-refractivity contribution in [2.45, 2.75) is 0 Å². The van der Waals surface area contributed by atoms with Gasteiger partial charge < -0.3 is 0 Å². The molecule has 0 saturated heterocycles. The largest absolute Gasteiger partial charge is 0.264 e. The van der Waals surface area contributed by atoms with Crippen LogP contribution >= 0.6 is 24.8 Å². The maximum Gasteiger partial charge on any atom is 0.0717 e. The normalized spacial score (nSPS) is 8.29. The smallest absolute Gasteiger partial charge is 0.0717 e. The minimum atomic E-state index is 0. The molecule has 0 bridgehead atoms. The minimum absolute atomic E-state index is 0. The van der Waals surface area contributed by atoms with Crippen LogP contribution in [-0.4, -0.2) is 9.97 Å². The lowest BCUT2D eigenvalue weighted by atomic mass is 10.2. The summed E-state index contributed by atoms with van der Waals surface area (Å²) in [7, 11) is 0. The average molecular weight is 229 g/mol. The van der Waals surface area contributed by atoms with Crippen molar-refractivity contribution >= 4 is 24.8 Å². The van der Waals surface area contributed by atoms with Crippen molar-refractivity contribution < 1.29 is 0 Å². The maximum absolute atomic E-state index is 4.21. The molecule has 0 aliphatic carbocycles. The van der Waals surface area contributed by atoms with Crippen molar-refractivity contribution in [3.8, 4) is 11.3 Å². The summed E-state index contributed by atoms with van der Waals surface area (Å²) in [6.07, 6.45) is 5.34. The second kappa shape index (κ2) is 6.35. The Morgan fingerprint density at radius 3 is 2.29 bits per heavy atom. The maximum atomic E-state index is 4.21. The van der Waals surface area contributed by atoms with Crippen molar-refractivity contribution in [1.29, 1.82) is 0 Å². The van der Waals surface area contributed by atoms with Crippen molar-refractivity contribution in [1.82, 2.24) is 9.97 Å². The van der Waals surface area contributed by atoms with Gasteiger partial charge in [-0.15, -0.1) is 24.8 Å².